The van der Waals surface area contributed by atoms with E-state index >= 15 is 0 Å². The van der Waals surface area contributed by atoms with E-state index in [1.54, 1.807) is 0 Å². The number of aromatic nitrogens is 4. The highest BCUT2D eigenvalue weighted by Crippen LogP contribution is 2.27. The van der Waals surface area contributed by atoms with Crippen molar-refractivity contribution >= 4 is 29.9 Å². The summed E-state index contributed by atoms with van der Waals surface area (Å²) in [6, 6.07) is 22.4. The van der Waals surface area contributed by atoms with E-state index in [0.717, 1.165) is 35.4 Å². The quantitative estimate of drug-likeness (QED) is 0.201. The summed E-state index contributed by atoms with van der Waals surface area (Å²) in [4.78, 5) is 4.62. The molecule has 3 heterocycles. The first-order valence-corrected chi connectivity index (χ1v) is 15.2. The molecule has 0 amide bonds. The van der Waals surface area contributed by atoms with Crippen LogP contribution in [0, 0.1) is 0 Å². The lowest BCUT2D eigenvalue weighted by atomic mass is 10.1. The molecule has 0 saturated heterocycles. The maximum Gasteiger partial charge on any atom is 0.142 e. The van der Waals surface area contributed by atoms with E-state index in [9.17, 15) is 0 Å². The van der Waals surface area contributed by atoms with Gasteiger partial charge in [-0.05, 0) is 46.6 Å². The Hall–Kier alpha value is -3.22. The highest BCUT2D eigenvalue weighted by atomic mass is 28.3. The lowest BCUT2D eigenvalue weighted by Crippen LogP contribution is -2.22. The molecule has 0 N–H and O–H groups in total. The van der Waals surface area contributed by atoms with E-state index in [1.165, 1.54) is 22.4 Å². The van der Waals surface area contributed by atoms with Gasteiger partial charge < -0.3 is 9.30 Å². The van der Waals surface area contributed by atoms with Crippen LogP contribution in [0.15, 0.2) is 79.3 Å². The van der Waals surface area contributed by atoms with Crippen LogP contribution in [0.1, 0.15) is 5.56 Å². The highest BCUT2D eigenvalue weighted by molar-refractivity contribution is 6.76. The Bertz CT molecular complexity index is 1400. The Morgan fingerprint density at radius 2 is 1.76 bits per heavy atom. The van der Waals surface area contributed by atoms with Gasteiger partial charge in [-0.25, -0.2) is 4.98 Å². The molecule has 0 aliphatic heterocycles. The van der Waals surface area contributed by atoms with Gasteiger partial charge in [-0.3, -0.25) is 4.68 Å². The van der Waals surface area contributed by atoms with E-state index in [0.29, 0.717) is 6.73 Å². The Morgan fingerprint density at radius 3 is 2.61 bits per heavy atom. The average molecular weight is 455 g/mol. The molecule has 0 aliphatic rings. The van der Waals surface area contributed by atoms with Gasteiger partial charge in [0.05, 0.1) is 12.2 Å². The maximum atomic E-state index is 5.95. The van der Waals surface area contributed by atoms with Crippen LogP contribution in [0.4, 0.5) is 0 Å². The number of pyridine rings is 1. The van der Waals surface area contributed by atoms with Crippen LogP contribution in [-0.4, -0.2) is 34.0 Å². The Kier molecular flexibility index (Phi) is 5.87. The Morgan fingerprint density at radius 1 is 0.909 bits per heavy atom. The molecular formula is C27H30N4OSi. The summed E-state index contributed by atoms with van der Waals surface area (Å²) in [6.45, 7) is 9.18. The molecule has 5 rings (SSSR count). The second-order valence-electron chi connectivity index (χ2n) is 9.81. The van der Waals surface area contributed by atoms with E-state index < -0.39 is 8.07 Å². The summed E-state index contributed by atoms with van der Waals surface area (Å²) >= 11 is 0. The van der Waals surface area contributed by atoms with Crippen LogP contribution in [0.3, 0.4) is 0 Å². The van der Waals surface area contributed by atoms with Crippen molar-refractivity contribution in [2.75, 3.05) is 6.61 Å². The van der Waals surface area contributed by atoms with Crippen LogP contribution >= 0.6 is 0 Å². The average Bonchev–Trinajstić information content (AvgIpc) is 3.43. The molecule has 33 heavy (non-hydrogen) atoms. The minimum Gasteiger partial charge on any atom is -0.361 e. The van der Waals surface area contributed by atoms with Gasteiger partial charge in [0.15, 0.2) is 0 Å². The lowest BCUT2D eigenvalue weighted by molar-refractivity contribution is 0.0899. The molecule has 5 aromatic rings. The highest BCUT2D eigenvalue weighted by Gasteiger charge is 2.14. The number of rotatable bonds is 8. The zero-order chi connectivity index (χ0) is 22.8. The van der Waals surface area contributed by atoms with Crippen molar-refractivity contribution in [3.8, 4) is 11.3 Å². The van der Waals surface area contributed by atoms with Crippen LogP contribution in [0.5, 0.6) is 0 Å². The Labute approximate surface area is 195 Å². The standard InChI is InChI=1S/C27H30N4OSi/c1-33(2,3)17-16-32-20-30-14-11-25-24(10-13-28-27(25)30)26-12-15-31(29-26)19-21-8-9-22-6-4-5-7-23(22)18-21/h4-15,18H,16-17,19-20H2,1-3H3. The fourth-order valence-electron chi connectivity index (χ4n) is 4.08. The second-order valence-corrected chi connectivity index (χ2v) is 15.4. The smallest absolute Gasteiger partial charge is 0.142 e. The largest absolute Gasteiger partial charge is 0.361 e. The Balaban J connectivity index is 1.33. The number of benzene rings is 2. The zero-order valence-electron chi connectivity index (χ0n) is 19.5. The molecule has 0 radical (unpaired) electrons. The molecule has 0 atom stereocenters. The minimum atomic E-state index is -1.09. The van der Waals surface area contributed by atoms with Crippen LogP contribution in [0.25, 0.3) is 33.1 Å². The molecule has 0 spiro atoms. The molecule has 0 unspecified atom stereocenters. The van der Waals surface area contributed by atoms with Crippen molar-refractivity contribution in [1.82, 2.24) is 19.3 Å². The molecule has 0 fully saturated rings. The maximum absolute atomic E-state index is 5.95. The third kappa shape index (κ3) is 4.92. The van der Waals surface area contributed by atoms with Crippen molar-refractivity contribution in [2.24, 2.45) is 0 Å². The van der Waals surface area contributed by atoms with Crippen molar-refractivity contribution in [3.05, 3.63) is 84.8 Å². The van der Waals surface area contributed by atoms with Gasteiger partial charge >= 0.3 is 0 Å². The molecule has 168 valence electrons. The summed E-state index contributed by atoms with van der Waals surface area (Å²) in [6.07, 6.45) is 5.97. The summed E-state index contributed by atoms with van der Waals surface area (Å²) in [5.41, 5.74) is 4.23. The van der Waals surface area contributed by atoms with Gasteiger partial charge in [0.1, 0.15) is 12.4 Å². The van der Waals surface area contributed by atoms with Gasteiger partial charge in [0.2, 0.25) is 0 Å². The molecule has 5 nitrogen and oxygen atoms in total. The van der Waals surface area contributed by atoms with Gasteiger partial charge in [-0.2, -0.15) is 5.10 Å². The summed E-state index contributed by atoms with van der Waals surface area (Å²) in [7, 11) is -1.09. The van der Waals surface area contributed by atoms with Crippen LogP contribution < -0.4 is 0 Å². The van der Waals surface area contributed by atoms with Gasteiger partial charge in [0, 0.05) is 44.2 Å². The topological polar surface area (TPSA) is 44.9 Å². The van der Waals surface area contributed by atoms with Crippen molar-refractivity contribution in [3.63, 3.8) is 0 Å². The molecule has 6 heteroatoms. The third-order valence-electron chi connectivity index (χ3n) is 5.96. The van der Waals surface area contributed by atoms with Crippen LogP contribution in [0.2, 0.25) is 25.7 Å². The molecular weight excluding hydrogens is 424 g/mol. The monoisotopic (exact) mass is 454 g/mol. The van der Waals surface area contributed by atoms with Crippen molar-refractivity contribution in [2.45, 2.75) is 39.0 Å². The molecule has 3 aromatic heterocycles. The van der Waals surface area contributed by atoms with E-state index in [-0.39, 0.29) is 0 Å². The number of nitrogens with zero attached hydrogens (tertiary/aromatic N) is 4. The molecule has 0 saturated carbocycles. The van der Waals surface area contributed by atoms with E-state index in [2.05, 4.69) is 90.0 Å². The van der Waals surface area contributed by atoms with Crippen molar-refractivity contribution in [1.29, 1.82) is 0 Å². The predicted molar refractivity (Wildman–Crippen MR) is 138 cm³/mol. The first-order valence-electron chi connectivity index (χ1n) is 11.5. The SMILES string of the molecule is C[Si](C)(C)CCOCn1ccc2c(-c3ccn(Cc4ccc5ccccc5c4)n3)ccnc21. The number of ether oxygens (including phenoxy) is 1. The molecule has 0 bridgehead atoms. The minimum absolute atomic E-state index is 0.529. The van der Waals surface area contributed by atoms with Crippen LogP contribution in [-0.2, 0) is 18.0 Å². The second kappa shape index (κ2) is 8.96. The fourth-order valence-corrected chi connectivity index (χ4v) is 4.83. The molecule has 0 aliphatic carbocycles. The van der Waals surface area contributed by atoms with Gasteiger partial charge in [0.25, 0.3) is 0 Å². The van der Waals surface area contributed by atoms with Crippen molar-refractivity contribution < 1.29 is 4.74 Å². The van der Waals surface area contributed by atoms with Gasteiger partial charge in [-0.15, -0.1) is 0 Å². The normalized spacial score (nSPS) is 12.1. The summed E-state index contributed by atoms with van der Waals surface area (Å²) < 4.78 is 10.0. The summed E-state index contributed by atoms with van der Waals surface area (Å²) in [5.74, 6) is 0. The predicted octanol–water partition coefficient (Wildman–Crippen LogP) is 6.41. The molecule has 2 aromatic carbocycles. The zero-order valence-corrected chi connectivity index (χ0v) is 20.5. The summed E-state index contributed by atoms with van der Waals surface area (Å²) in [5, 5.41) is 8.49. The van der Waals surface area contributed by atoms with E-state index in [1.807, 2.05) is 23.1 Å². The number of hydrogen-bond donors (Lipinski definition) is 0. The van der Waals surface area contributed by atoms with E-state index in [4.69, 9.17) is 9.84 Å². The third-order valence-corrected chi connectivity index (χ3v) is 7.67. The number of hydrogen-bond acceptors (Lipinski definition) is 3. The van der Waals surface area contributed by atoms with Gasteiger partial charge in [-0.1, -0.05) is 56.0 Å². The first kappa shape index (κ1) is 21.6. The first-order chi connectivity index (χ1) is 16.0. The number of fused-ring (bicyclic) bond motifs is 2. The lowest BCUT2D eigenvalue weighted by Gasteiger charge is -2.15. The fraction of sp³-hybridized carbons (Fsp3) is 0.259.